The van der Waals surface area contributed by atoms with Crippen molar-refractivity contribution in [1.82, 2.24) is 4.98 Å². The molecule has 94 valence electrons. The lowest BCUT2D eigenvalue weighted by Crippen LogP contribution is -2.39. The Kier molecular flexibility index (Phi) is 4.03. The normalized spacial score (nSPS) is 26.0. The molecule has 2 heterocycles. The van der Waals surface area contributed by atoms with Gasteiger partial charge in [0.2, 0.25) is 0 Å². The predicted molar refractivity (Wildman–Crippen MR) is 73.2 cm³/mol. The number of pyridine rings is 1. The number of hydrogen-bond acceptors (Lipinski definition) is 2. The number of aromatic nitrogens is 1. The van der Waals surface area contributed by atoms with Crippen LogP contribution in [0.5, 0.6) is 0 Å². The molecular weight excluding hydrogens is 208 g/mol. The summed E-state index contributed by atoms with van der Waals surface area (Å²) in [5.74, 6) is 2.70. The van der Waals surface area contributed by atoms with Gasteiger partial charge in [-0.1, -0.05) is 26.8 Å². The quantitative estimate of drug-likeness (QED) is 0.772. The molecule has 0 bridgehead atoms. The van der Waals surface area contributed by atoms with E-state index in [9.17, 15) is 0 Å². The molecule has 2 atom stereocenters. The van der Waals surface area contributed by atoms with E-state index in [1.165, 1.54) is 19.3 Å². The second kappa shape index (κ2) is 5.52. The molecule has 2 heteroatoms. The number of hydrogen-bond donors (Lipinski definition) is 0. The van der Waals surface area contributed by atoms with Crippen molar-refractivity contribution < 1.29 is 0 Å². The van der Waals surface area contributed by atoms with Crippen molar-refractivity contribution in [1.29, 1.82) is 0 Å². The zero-order valence-electron chi connectivity index (χ0n) is 11.3. The summed E-state index contributed by atoms with van der Waals surface area (Å²) in [6, 6.07) is 6.88. The highest BCUT2D eigenvalue weighted by molar-refractivity contribution is 5.39. The van der Waals surface area contributed by atoms with Crippen molar-refractivity contribution in [3.63, 3.8) is 0 Å². The van der Waals surface area contributed by atoms with Crippen LogP contribution in [0.15, 0.2) is 24.4 Å². The van der Waals surface area contributed by atoms with Gasteiger partial charge in [-0.15, -0.1) is 0 Å². The highest BCUT2D eigenvalue weighted by atomic mass is 15.2. The van der Waals surface area contributed by atoms with Gasteiger partial charge >= 0.3 is 0 Å². The van der Waals surface area contributed by atoms with Crippen molar-refractivity contribution in [2.75, 3.05) is 11.4 Å². The Bertz CT molecular complexity index is 334. The van der Waals surface area contributed by atoms with Gasteiger partial charge in [-0.25, -0.2) is 4.98 Å². The van der Waals surface area contributed by atoms with Gasteiger partial charge in [0.05, 0.1) is 0 Å². The third kappa shape index (κ3) is 2.99. The SMILES string of the molecule is CC1CCC(C(C)C)N(c2ccccn2)CC1. The van der Waals surface area contributed by atoms with Gasteiger partial charge < -0.3 is 4.90 Å². The summed E-state index contributed by atoms with van der Waals surface area (Å²) in [6.45, 7) is 8.19. The molecule has 0 spiro atoms. The van der Waals surface area contributed by atoms with Crippen molar-refractivity contribution in [2.24, 2.45) is 11.8 Å². The highest BCUT2D eigenvalue weighted by Gasteiger charge is 2.26. The largest absolute Gasteiger partial charge is 0.353 e. The Morgan fingerprint density at radius 2 is 2.06 bits per heavy atom. The van der Waals surface area contributed by atoms with Crippen LogP contribution in [0.25, 0.3) is 0 Å². The van der Waals surface area contributed by atoms with E-state index in [4.69, 9.17) is 0 Å². The molecule has 1 aliphatic heterocycles. The van der Waals surface area contributed by atoms with E-state index in [0.717, 1.165) is 18.3 Å². The summed E-state index contributed by atoms with van der Waals surface area (Å²) in [6.07, 6.45) is 5.85. The molecule has 0 saturated carbocycles. The van der Waals surface area contributed by atoms with Crippen LogP contribution in [-0.2, 0) is 0 Å². The van der Waals surface area contributed by atoms with Gasteiger partial charge in [-0.3, -0.25) is 0 Å². The van der Waals surface area contributed by atoms with E-state index in [-0.39, 0.29) is 0 Å². The molecule has 0 N–H and O–H groups in total. The van der Waals surface area contributed by atoms with Crippen LogP contribution < -0.4 is 4.90 Å². The molecule has 2 rings (SSSR count). The Balaban J connectivity index is 2.21. The molecule has 1 fully saturated rings. The average Bonchev–Trinajstić information content (AvgIpc) is 2.52. The van der Waals surface area contributed by atoms with E-state index in [0.29, 0.717) is 12.0 Å². The summed E-state index contributed by atoms with van der Waals surface area (Å²) in [5.41, 5.74) is 0. The summed E-state index contributed by atoms with van der Waals surface area (Å²) >= 11 is 0. The van der Waals surface area contributed by atoms with Gasteiger partial charge in [-0.2, -0.15) is 0 Å². The van der Waals surface area contributed by atoms with Crippen LogP contribution in [0.2, 0.25) is 0 Å². The second-order valence-corrected chi connectivity index (χ2v) is 5.66. The molecule has 1 saturated heterocycles. The van der Waals surface area contributed by atoms with E-state index >= 15 is 0 Å². The molecule has 2 nitrogen and oxygen atoms in total. The Morgan fingerprint density at radius 3 is 2.71 bits per heavy atom. The molecule has 1 aromatic rings. The summed E-state index contributed by atoms with van der Waals surface area (Å²) < 4.78 is 0. The van der Waals surface area contributed by atoms with Crippen LogP contribution in [-0.4, -0.2) is 17.6 Å². The minimum absolute atomic E-state index is 0.648. The first-order valence-corrected chi connectivity index (χ1v) is 6.86. The Morgan fingerprint density at radius 1 is 1.24 bits per heavy atom. The van der Waals surface area contributed by atoms with Gasteiger partial charge in [0.1, 0.15) is 5.82 Å². The molecule has 1 aromatic heterocycles. The lowest BCUT2D eigenvalue weighted by Gasteiger charge is -2.33. The summed E-state index contributed by atoms with van der Waals surface area (Å²) in [7, 11) is 0. The lowest BCUT2D eigenvalue weighted by molar-refractivity contribution is 0.425. The maximum Gasteiger partial charge on any atom is 0.128 e. The molecular formula is C15H24N2. The maximum absolute atomic E-state index is 4.53. The van der Waals surface area contributed by atoms with Crippen LogP contribution in [0.1, 0.15) is 40.0 Å². The molecule has 2 unspecified atom stereocenters. The Hall–Kier alpha value is -1.05. The first-order chi connectivity index (χ1) is 8.18. The van der Waals surface area contributed by atoms with Gasteiger partial charge in [0.25, 0.3) is 0 Å². The second-order valence-electron chi connectivity index (χ2n) is 5.66. The van der Waals surface area contributed by atoms with E-state index in [1.807, 2.05) is 12.3 Å². The minimum Gasteiger partial charge on any atom is -0.353 e. The lowest BCUT2D eigenvalue weighted by atomic mass is 9.95. The number of anilines is 1. The van der Waals surface area contributed by atoms with Crippen molar-refractivity contribution in [2.45, 2.75) is 46.1 Å². The highest BCUT2D eigenvalue weighted by Crippen LogP contribution is 2.28. The monoisotopic (exact) mass is 232 g/mol. The molecule has 0 radical (unpaired) electrons. The van der Waals surface area contributed by atoms with Crippen molar-refractivity contribution >= 4 is 5.82 Å². The topological polar surface area (TPSA) is 16.1 Å². The molecule has 1 aliphatic rings. The van der Waals surface area contributed by atoms with Crippen molar-refractivity contribution in [3.05, 3.63) is 24.4 Å². The van der Waals surface area contributed by atoms with Crippen LogP contribution in [0, 0.1) is 11.8 Å². The zero-order chi connectivity index (χ0) is 12.3. The third-order valence-electron chi connectivity index (χ3n) is 3.93. The van der Waals surface area contributed by atoms with Gasteiger partial charge in [0.15, 0.2) is 0 Å². The van der Waals surface area contributed by atoms with E-state index < -0.39 is 0 Å². The van der Waals surface area contributed by atoms with Gasteiger partial charge in [0, 0.05) is 18.8 Å². The summed E-state index contributed by atoms with van der Waals surface area (Å²) in [4.78, 5) is 7.05. The molecule has 17 heavy (non-hydrogen) atoms. The van der Waals surface area contributed by atoms with Crippen LogP contribution in [0.3, 0.4) is 0 Å². The first-order valence-electron chi connectivity index (χ1n) is 6.86. The molecule has 0 aliphatic carbocycles. The molecule has 0 aromatic carbocycles. The summed E-state index contributed by atoms with van der Waals surface area (Å²) in [5, 5.41) is 0. The minimum atomic E-state index is 0.648. The van der Waals surface area contributed by atoms with Crippen LogP contribution in [0.4, 0.5) is 5.82 Å². The fraction of sp³-hybridized carbons (Fsp3) is 0.667. The van der Waals surface area contributed by atoms with E-state index in [1.54, 1.807) is 0 Å². The van der Waals surface area contributed by atoms with Crippen molar-refractivity contribution in [3.8, 4) is 0 Å². The van der Waals surface area contributed by atoms with Gasteiger partial charge in [-0.05, 0) is 43.2 Å². The standard InChI is InChI=1S/C15H24N2/c1-12(2)14-8-7-13(3)9-11-17(14)15-6-4-5-10-16-15/h4-6,10,12-14H,7-9,11H2,1-3H3. The third-order valence-corrected chi connectivity index (χ3v) is 3.93. The number of nitrogens with zero attached hydrogens (tertiary/aromatic N) is 2. The fourth-order valence-electron chi connectivity index (χ4n) is 2.78. The van der Waals surface area contributed by atoms with Crippen LogP contribution >= 0.6 is 0 Å². The average molecular weight is 232 g/mol. The first kappa shape index (κ1) is 12.4. The predicted octanol–water partition coefficient (Wildman–Crippen LogP) is 3.73. The Labute approximate surface area is 105 Å². The number of rotatable bonds is 2. The fourth-order valence-corrected chi connectivity index (χ4v) is 2.78. The van der Waals surface area contributed by atoms with E-state index in [2.05, 4.69) is 42.8 Å². The maximum atomic E-state index is 4.53. The smallest absolute Gasteiger partial charge is 0.128 e. The molecule has 0 amide bonds. The zero-order valence-corrected chi connectivity index (χ0v) is 11.3.